The highest BCUT2D eigenvalue weighted by Gasteiger charge is 2.18. The number of nitro groups is 1. The highest BCUT2D eigenvalue weighted by atomic mass is 16.6. The quantitative estimate of drug-likeness (QED) is 0.644. The normalized spacial score (nSPS) is 10.0. The predicted molar refractivity (Wildman–Crippen MR) is 75.9 cm³/mol. The first-order valence-corrected chi connectivity index (χ1v) is 6.20. The van der Waals surface area contributed by atoms with Crippen LogP contribution in [0.15, 0.2) is 30.6 Å². The van der Waals surface area contributed by atoms with Gasteiger partial charge in [0.1, 0.15) is 11.6 Å². The Morgan fingerprint density at radius 1 is 1.38 bits per heavy atom. The van der Waals surface area contributed by atoms with Gasteiger partial charge < -0.3 is 14.8 Å². The summed E-state index contributed by atoms with van der Waals surface area (Å²) < 4.78 is 10.4. The van der Waals surface area contributed by atoms with E-state index in [9.17, 15) is 10.1 Å². The molecule has 0 bridgehead atoms. The molecule has 0 unspecified atom stereocenters. The Morgan fingerprint density at radius 3 is 2.86 bits per heavy atom. The smallest absolute Gasteiger partial charge is 0.315 e. The summed E-state index contributed by atoms with van der Waals surface area (Å²) in [5.74, 6) is 1.15. The summed E-state index contributed by atoms with van der Waals surface area (Å²) in [5, 5.41) is 14.1. The fourth-order valence-corrected chi connectivity index (χ4v) is 1.63. The van der Waals surface area contributed by atoms with Crippen LogP contribution in [-0.4, -0.2) is 28.5 Å². The molecule has 1 aromatic heterocycles. The van der Waals surface area contributed by atoms with Crippen LogP contribution in [0.4, 0.5) is 11.5 Å². The molecule has 2 rings (SSSR count). The van der Waals surface area contributed by atoms with Crippen LogP contribution in [0.5, 0.6) is 17.4 Å². The number of hydrogen-bond acceptors (Lipinski definition) is 7. The summed E-state index contributed by atoms with van der Waals surface area (Å²) in [6, 6.07) is 4.32. The molecule has 8 nitrogen and oxygen atoms in total. The van der Waals surface area contributed by atoms with Crippen molar-refractivity contribution < 1.29 is 14.4 Å². The lowest BCUT2D eigenvalue weighted by Crippen LogP contribution is -2.01. The lowest BCUT2D eigenvalue weighted by molar-refractivity contribution is -0.385. The van der Waals surface area contributed by atoms with E-state index in [4.69, 9.17) is 9.47 Å². The van der Waals surface area contributed by atoms with Crippen LogP contribution in [-0.2, 0) is 0 Å². The van der Waals surface area contributed by atoms with Gasteiger partial charge in [-0.3, -0.25) is 15.1 Å². The van der Waals surface area contributed by atoms with Crippen LogP contribution in [0.25, 0.3) is 0 Å². The van der Waals surface area contributed by atoms with Crippen molar-refractivity contribution in [1.82, 2.24) is 9.97 Å². The van der Waals surface area contributed by atoms with Crippen molar-refractivity contribution in [1.29, 1.82) is 0 Å². The zero-order valence-corrected chi connectivity index (χ0v) is 11.6. The molecule has 1 aromatic carbocycles. The fourth-order valence-electron chi connectivity index (χ4n) is 1.63. The number of ether oxygens (including phenoxy) is 2. The minimum atomic E-state index is -0.542. The molecule has 21 heavy (non-hydrogen) atoms. The molecule has 0 saturated carbocycles. The molecule has 0 aliphatic rings. The summed E-state index contributed by atoms with van der Waals surface area (Å²) in [4.78, 5) is 18.6. The molecular formula is C13H14N4O4. The molecule has 8 heteroatoms. The topological polar surface area (TPSA) is 99.4 Å². The van der Waals surface area contributed by atoms with Gasteiger partial charge in [-0.25, -0.2) is 0 Å². The summed E-state index contributed by atoms with van der Waals surface area (Å²) in [6.45, 7) is 2.60. The molecule has 1 heterocycles. The standard InChI is InChI=1S/C13H14N4O4/c1-3-15-12-7-14-8-13(16-12)21-11-5-4-9(20-2)6-10(11)17(18)19/h4-8H,3H2,1-2H3,(H,15,16). The fraction of sp³-hybridized carbons (Fsp3) is 0.231. The van der Waals surface area contributed by atoms with Gasteiger partial charge in [0, 0.05) is 6.54 Å². The van der Waals surface area contributed by atoms with E-state index in [-0.39, 0.29) is 17.3 Å². The highest BCUT2D eigenvalue weighted by Crippen LogP contribution is 2.33. The Hall–Kier alpha value is -2.90. The van der Waals surface area contributed by atoms with E-state index >= 15 is 0 Å². The zero-order chi connectivity index (χ0) is 15.2. The molecule has 0 amide bonds. The molecular weight excluding hydrogens is 276 g/mol. The number of nitro benzene ring substituents is 1. The highest BCUT2D eigenvalue weighted by molar-refractivity contribution is 5.52. The number of nitrogens with zero attached hydrogens (tertiary/aromatic N) is 3. The van der Waals surface area contributed by atoms with E-state index < -0.39 is 4.92 Å². The van der Waals surface area contributed by atoms with Crippen molar-refractivity contribution in [2.24, 2.45) is 0 Å². The van der Waals surface area contributed by atoms with E-state index in [1.165, 1.54) is 25.4 Å². The van der Waals surface area contributed by atoms with Gasteiger partial charge in [-0.2, -0.15) is 4.98 Å². The van der Waals surface area contributed by atoms with Gasteiger partial charge in [0.25, 0.3) is 0 Å². The lowest BCUT2D eigenvalue weighted by atomic mass is 10.3. The minimum Gasteiger partial charge on any atom is -0.496 e. The van der Waals surface area contributed by atoms with Crippen molar-refractivity contribution in [3.8, 4) is 17.4 Å². The molecule has 2 aromatic rings. The van der Waals surface area contributed by atoms with Crippen LogP contribution in [0.2, 0.25) is 0 Å². The van der Waals surface area contributed by atoms with Gasteiger partial charge in [0.2, 0.25) is 11.6 Å². The Kier molecular flexibility index (Phi) is 4.50. The van der Waals surface area contributed by atoms with Crippen molar-refractivity contribution in [2.75, 3.05) is 19.0 Å². The van der Waals surface area contributed by atoms with Gasteiger partial charge in [0.05, 0.1) is 30.5 Å². The average molecular weight is 290 g/mol. The van der Waals surface area contributed by atoms with E-state index in [1.807, 2.05) is 6.92 Å². The molecule has 0 aliphatic carbocycles. The van der Waals surface area contributed by atoms with Crippen molar-refractivity contribution in [3.05, 3.63) is 40.7 Å². The van der Waals surface area contributed by atoms with E-state index in [1.54, 1.807) is 12.3 Å². The molecule has 0 atom stereocenters. The third-order valence-corrected chi connectivity index (χ3v) is 2.55. The van der Waals surface area contributed by atoms with E-state index in [2.05, 4.69) is 15.3 Å². The molecule has 0 fully saturated rings. The van der Waals surface area contributed by atoms with Crippen LogP contribution in [0.1, 0.15) is 6.92 Å². The SMILES string of the molecule is CCNc1cncc(Oc2ccc(OC)cc2[N+](=O)[O-])n1. The number of anilines is 1. The van der Waals surface area contributed by atoms with Gasteiger partial charge in [-0.1, -0.05) is 0 Å². The molecule has 0 radical (unpaired) electrons. The summed E-state index contributed by atoms with van der Waals surface area (Å²) in [6.07, 6.45) is 2.92. The molecule has 110 valence electrons. The first-order valence-electron chi connectivity index (χ1n) is 6.20. The number of nitrogens with one attached hydrogen (secondary N) is 1. The third kappa shape index (κ3) is 3.56. The Labute approximate surface area is 120 Å². The van der Waals surface area contributed by atoms with Crippen LogP contribution < -0.4 is 14.8 Å². The second kappa shape index (κ2) is 6.51. The second-order valence-corrected chi connectivity index (χ2v) is 3.97. The van der Waals surface area contributed by atoms with Crippen LogP contribution in [0, 0.1) is 10.1 Å². The summed E-state index contributed by atoms with van der Waals surface area (Å²) in [7, 11) is 1.44. The van der Waals surface area contributed by atoms with E-state index in [0.29, 0.717) is 18.1 Å². The maximum Gasteiger partial charge on any atom is 0.315 e. The van der Waals surface area contributed by atoms with Crippen LogP contribution in [0.3, 0.4) is 0 Å². The van der Waals surface area contributed by atoms with Crippen molar-refractivity contribution >= 4 is 11.5 Å². The average Bonchev–Trinajstić information content (AvgIpc) is 2.48. The van der Waals surface area contributed by atoms with Crippen molar-refractivity contribution in [2.45, 2.75) is 6.92 Å². The zero-order valence-electron chi connectivity index (χ0n) is 11.6. The summed E-state index contributed by atoms with van der Waals surface area (Å²) >= 11 is 0. The van der Waals surface area contributed by atoms with Gasteiger partial charge in [-0.15, -0.1) is 0 Å². The first kappa shape index (κ1) is 14.5. The van der Waals surface area contributed by atoms with E-state index in [0.717, 1.165) is 0 Å². The number of methoxy groups -OCH3 is 1. The first-order chi connectivity index (χ1) is 10.1. The minimum absolute atomic E-state index is 0.0729. The van der Waals surface area contributed by atoms with Gasteiger partial charge in [-0.05, 0) is 19.1 Å². The van der Waals surface area contributed by atoms with Crippen LogP contribution >= 0.6 is 0 Å². The number of rotatable bonds is 6. The number of aromatic nitrogens is 2. The maximum atomic E-state index is 11.1. The molecule has 0 saturated heterocycles. The largest absolute Gasteiger partial charge is 0.496 e. The van der Waals surface area contributed by atoms with Crippen molar-refractivity contribution in [3.63, 3.8) is 0 Å². The molecule has 0 aliphatic heterocycles. The number of hydrogen-bond donors (Lipinski definition) is 1. The molecule has 1 N–H and O–H groups in total. The number of benzene rings is 1. The maximum absolute atomic E-state index is 11.1. The third-order valence-electron chi connectivity index (χ3n) is 2.55. The monoisotopic (exact) mass is 290 g/mol. The Bertz CT molecular complexity index is 648. The molecule has 0 spiro atoms. The van der Waals surface area contributed by atoms with Gasteiger partial charge >= 0.3 is 5.69 Å². The summed E-state index contributed by atoms with van der Waals surface area (Å²) in [5.41, 5.74) is -0.204. The lowest BCUT2D eigenvalue weighted by Gasteiger charge is -2.08. The predicted octanol–water partition coefficient (Wildman–Crippen LogP) is 2.62. The Morgan fingerprint density at radius 2 is 2.19 bits per heavy atom. The second-order valence-electron chi connectivity index (χ2n) is 3.97. The Balaban J connectivity index is 2.30. The van der Waals surface area contributed by atoms with Gasteiger partial charge in [0.15, 0.2) is 0 Å².